The van der Waals surface area contributed by atoms with E-state index < -0.39 is 5.97 Å². The van der Waals surface area contributed by atoms with Crippen molar-refractivity contribution in [1.82, 2.24) is 9.88 Å². The van der Waals surface area contributed by atoms with E-state index >= 15 is 0 Å². The van der Waals surface area contributed by atoms with Crippen molar-refractivity contribution in [1.29, 1.82) is 0 Å². The fraction of sp³-hybridized carbons (Fsp3) is 0.375. The van der Waals surface area contributed by atoms with Gasteiger partial charge in [0.15, 0.2) is 0 Å². The van der Waals surface area contributed by atoms with Gasteiger partial charge < -0.3 is 30.2 Å². The molecule has 0 spiro atoms. The number of aliphatic carboxylic acids is 1. The van der Waals surface area contributed by atoms with E-state index in [1.165, 1.54) is 0 Å². The van der Waals surface area contributed by atoms with Crippen molar-refractivity contribution in [2.75, 3.05) is 12.3 Å². The van der Waals surface area contributed by atoms with Crippen LogP contribution in [0.1, 0.15) is 43.1 Å². The maximum atomic E-state index is 11.3. The smallest absolute Gasteiger partial charge is 0.305 e. The summed E-state index contributed by atoms with van der Waals surface area (Å²) >= 11 is 0. The zero-order valence-corrected chi connectivity index (χ0v) is 18.1. The van der Waals surface area contributed by atoms with E-state index in [4.69, 9.17) is 15.2 Å². The Morgan fingerprint density at radius 2 is 2.10 bits per heavy atom. The number of hydrogen-bond acceptors (Lipinski definition) is 5. The first-order valence-electron chi connectivity index (χ1n) is 10.6. The molecule has 31 heavy (non-hydrogen) atoms. The maximum absolute atomic E-state index is 11.3. The number of nitrogens with two attached hydrogens (primary N) is 1. The molecule has 0 saturated heterocycles. The minimum atomic E-state index is -0.802. The Hall–Kier alpha value is -3.19. The molecule has 1 unspecified atom stereocenters. The lowest BCUT2D eigenvalue weighted by Gasteiger charge is -2.26. The maximum Gasteiger partial charge on any atom is 0.305 e. The zero-order valence-electron chi connectivity index (χ0n) is 18.1. The third-order valence-corrected chi connectivity index (χ3v) is 5.62. The minimum Gasteiger partial charge on any atom is -0.489 e. The molecule has 2 aromatic carbocycles. The summed E-state index contributed by atoms with van der Waals surface area (Å²) in [4.78, 5) is 11.3. The van der Waals surface area contributed by atoms with Crippen LogP contribution in [0.5, 0.6) is 11.5 Å². The van der Waals surface area contributed by atoms with Crippen molar-refractivity contribution in [3.63, 3.8) is 0 Å². The molecule has 0 radical (unpaired) electrons. The lowest BCUT2D eigenvalue weighted by molar-refractivity contribution is -0.137. The van der Waals surface area contributed by atoms with Gasteiger partial charge in [-0.3, -0.25) is 4.79 Å². The molecule has 0 amide bonds. The number of anilines is 1. The van der Waals surface area contributed by atoms with Gasteiger partial charge in [0.2, 0.25) is 0 Å². The van der Waals surface area contributed by atoms with Crippen LogP contribution in [0.3, 0.4) is 0 Å². The molecule has 0 bridgehead atoms. The molecule has 164 valence electrons. The second-order valence-corrected chi connectivity index (χ2v) is 8.27. The van der Waals surface area contributed by atoms with Crippen LogP contribution in [0.15, 0.2) is 36.4 Å². The van der Waals surface area contributed by atoms with E-state index in [2.05, 4.69) is 16.0 Å². The average molecular weight is 424 g/mol. The summed E-state index contributed by atoms with van der Waals surface area (Å²) in [6.07, 6.45) is 0.135. The van der Waals surface area contributed by atoms with Crippen LogP contribution >= 0.6 is 0 Å². The predicted octanol–water partition coefficient (Wildman–Crippen LogP) is 4.02. The van der Waals surface area contributed by atoms with Crippen molar-refractivity contribution in [2.45, 2.75) is 52.5 Å². The number of rotatable bonds is 7. The molecule has 4 rings (SSSR count). The van der Waals surface area contributed by atoms with Crippen molar-refractivity contribution in [3.05, 3.63) is 53.2 Å². The molecule has 7 nitrogen and oxygen atoms in total. The number of nitrogen functional groups attached to an aromatic ring is 1. The van der Waals surface area contributed by atoms with E-state index in [9.17, 15) is 9.90 Å². The molecular formula is C24H29N3O4. The number of fused-ring (bicyclic) bond motifs is 3. The van der Waals surface area contributed by atoms with E-state index in [0.717, 1.165) is 46.6 Å². The second kappa shape index (κ2) is 8.51. The van der Waals surface area contributed by atoms with E-state index in [0.29, 0.717) is 18.0 Å². The van der Waals surface area contributed by atoms with E-state index in [-0.39, 0.29) is 18.6 Å². The number of carboxylic acid groups (broad SMARTS) is 1. The predicted molar refractivity (Wildman–Crippen MR) is 121 cm³/mol. The van der Waals surface area contributed by atoms with E-state index in [1.807, 2.05) is 51.1 Å². The first-order valence-corrected chi connectivity index (χ1v) is 10.6. The Kier molecular flexibility index (Phi) is 5.78. The molecular weight excluding hydrogens is 394 g/mol. The Balaban J connectivity index is 1.55. The number of benzene rings is 2. The Labute approximate surface area is 181 Å². The molecule has 1 aliphatic rings. The molecule has 4 N–H and O–H groups in total. The fourth-order valence-electron chi connectivity index (χ4n) is 4.31. The normalized spacial score (nSPS) is 15.8. The van der Waals surface area contributed by atoms with Crippen molar-refractivity contribution in [2.24, 2.45) is 0 Å². The quantitative estimate of drug-likeness (QED) is 0.497. The van der Waals surface area contributed by atoms with Gasteiger partial charge in [-0.1, -0.05) is 6.07 Å². The summed E-state index contributed by atoms with van der Waals surface area (Å²) in [6.45, 7) is 7.95. The monoisotopic (exact) mass is 423 g/mol. The van der Waals surface area contributed by atoms with Crippen LogP contribution in [-0.4, -0.2) is 28.3 Å². The third-order valence-electron chi connectivity index (χ3n) is 5.62. The summed E-state index contributed by atoms with van der Waals surface area (Å²) in [5.74, 6) is 0.644. The lowest BCUT2D eigenvalue weighted by Crippen LogP contribution is -2.34. The van der Waals surface area contributed by atoms with Gasteiger partial charge in [0.1, 0.15) is 18.1 Å². The molecule has 1 aliphatic heterocycles. The number of hydrogen-bond donors (Lipinski definition) is 3. The van der Waals surface area contributed by atoms with Crippen molar-refractivity contribution < 1.29 is 19.4 Å². The highest BCUT2D eigenvalue weighted by Gasteiger charge is 2.27. The summed E-state index contributed by atoms with van der Waals surface area (Å²) < 4.78 is 14.0. The molecule has 0 fully saturated rings. The lowest BCUT2D eigenvalue weighted by atomic mass is 10.0. The molecule has 1 atom stereocenters. The van der Waals surface area contributed by atoms with Gasteiger partial charge >= 0.3 is 5.97 Å². The van der Waals surface area contributed by atoms with Crippen LogP contribution in [-0.2, 0) is 17.9 Å². The van der Waals surface area contributed by atoms with Gasteiger partial charge in [0.05, 0.1) is 24.3 Å². The summed E-state index contributed by atoms with van der Waals surface area (Å²) in [5, 5.41) is 13.7. The number of carboxylic acids is 1. The highest BCUT2D eigenvalue weighted by molar-refractivity contribution is 5.87. The molecule has 3 aromatic rings. The number of aromatic nitrogens is 1. The fourth-order valence-corrected chi connectivity index (χ4v) is 4.31. The Morgan fingerprint density at radius 1 is 1.29 bits per heavy atom. The first-order chi connectivity index (χ1) is 14.8. The van der Waals surface area contributed by atoms with Gasteiger partial charge in [-0.2, -0.15) is 0 Å². The summed E-state index contributed by atoms with van der Waals surface area (Å²) in [6, 6.07) is 11.6. The molecule has 1 aromatic heterocycles. The highest BCUT2D eigenvalue weighted by Crippen LogP contribution is 2.35. The van der Waals surface area contributed by atoms with Gasteiger partial charge in [-0.05, 0) is 62.2 Å². The summed E-state index contributed by atoms with van der Waals surface area (Å²) in [5.41, 5.74) is 10.9. The van der Waals surface area contributed by atoms with Gasteiger partial charge in [0.25, 0.3) is 0 Å². The number of carbonyl (C=O) groups is 1. The number of nitrogens with zero attached hydrogens (tertiary/aromatic N) is 1. The van der Waals surface area contributed by atoms with Crippen molar-refractivity contribution >= 4 is 22.6 Å². The third kappa shape index (κ3) is 4.32. The minimum absolute atomic E-state index is 0.0675. The van der Waals surface area contributed by atoms with Gasteiger partial charge in [0, 0.05) is 29.7 Å². The molecule has 0 aliphatic carbocycles. The topological polar surface area (TPSA) is 98.7 Å². The van der Waals surface area contributed by atoms with Crippen LogP contribution in [0.25, 0.3) is 10.9 Å². The first kappa shape index (κ1) is 21.1. The second-order valence-electron chi connectivity index (χ2n) is 8.27. The van der Waals surface area contributed by atoms with Crippen LogP contribution < -0.4 is 20.5 Å². The zero-order chi connectivity index (χ0) is 22.1. The average Bonchev–Trinajstić information content (AvgIpc) is 3.00. The van der Waals surface area contributed by atoms with Crippen LogP contribution in [0.4, 0.5) is 5.69 Å². The number of nitrogens with one attached hydrogen (secondary N) is 1. The van der Waals surface area contributed by atoms with Gasteiger partial charge in [-0.25, -0.2) is 0 Å². The number of ether oxygens (including phenoxy) is 2. The molecule has 2 heterocycles. The van der Waals surface area contributed by atoms with Crippen LogP contribution in [0.2, 0.25) is 0 Å². The van der Waals surface area contributed by atoms with Crippen molar-refractivity contribution in [3.8, 4) is 11.5 Å². The van der Waals surface area contributed by atoms with Gasteiger partial charge in [-0.15, -0.1) is 0 Å². The Morgan fingerprint density at radius 3 is 2.81 bits per heavy atom. The van der Waals surface area contributed by atoms with Crippen LogP contribution in [0, 0.1) is 6.92 Å². The largest absolute Gasteiger partial charge is 0.489 e. The van der Waals surface area contributed by atoms with E-state index in [1.54, 1.807) is 0 Å². The summed E-state index contributed by atoms with van der Waals surface area (Å²) in [7, 11) is 0. The number of aryl methyl sites for hydroxylation is 1. The molecule has 7 heteroatoms. The standard InChI is InChI=1S/C24H29N3O4/c1-14(2)31-22-7-4-16(10-19(22)25)13-30-17-5-6-21-18(11-17)15(3)24-20(12-23(28)29)26-8-9-27(21)24/h4-7,10-11,14,20,26H,8-9,12-13,25H2,1-3H3,(H,28,29). The highest BCUT2D eigenvalue weighted by atomic mass is 16.5. The Bertz CT molecular complexity index is 1120. The SMILES string of the molecule is Cc1c2n(c3ccc(OCc4ccc(OC(C)C)c(N)c4)cc13)CCNC2CC(=O)O. The molecule has 0 saturated carbocycles.